The first-order valence-electron chi connectivity index (χ1n) is 1.74. The summed E-state index contributed by atoms with van der Waals surface area (Å²) in [6.07, 6.45) is 0. The van der Waals surface area contributed by atoms with Gasteiger partial charge in [-0.2, -0.15) is 0 Å². The highest BCUT2D eigenvalue weighted by atomic mass is 32.2. The summed E-state index contributed by atoms with van der Waals surface area (Å²) in [4.78, 5) is 0. The lowest BCUT2D eigenvalue weighted by Crippen LogP contribution is -2.02. The van der Waals surface area contributed by atoms with Gasteiger partial charge in [0.05, 0.1) is 0 Å². The molecule has 36 valence electrons. The Kier molecular flexibility index (Phi) is 2.94. The highest BCUT2D eigenvalue weighted by Crippen LogP contribution is 1.92. The lowest BCUT2D eigenvalue weighted by molar-refractivity contribution is 1.49. The highest BCUT2D eigenvalue weighted by Gasteiger charge is 1.79. The third kappa shape index (κ3) is 3.82. The molecule has 0 saturated carbocycles. The molecule has 0 amide bonds. The van der Waals surface area contributed by atoms with Crippen molar-refractivity contribution in [1.82, 2.24) is 0 Å². The van der Waals surface area contributed by atoms with E-state index in [1.165, 1.54) is 11.8 Å². The summed E-state index contributed by atoms with van der Waals surface area (Å²) in [6, 6.07) is 0. The van der Waals surface area contributed by atoms with Gasteiger partial charge in [-0.3, -0.25) is 5.41 Å². The number of amidine groups is 1. The van der Waals surface area contributed by atoms with Gasteiger partial charge in [0, 0.05) is 0 Å². The molecule has 0 aliphatic heterocycles. The van der Waals surface area contributed by atoms with Crippen LogP contribution in [-0.2, 0) is 0 Å². The first kappa shape index (κ1) is 5.82. The fraction of sp³-hybridized carbons (Fsp3) is 0.667. The predicted octanol–water partition coefficient (Wildman–Crippen LogP) is 0.633. The molecule has 0 spiro atoms. The van der Waals surface area contributed by atoms with Gasteiger partial charge in [0.15, 0.2) is 5.17 Å². The number of nitrogens with two attached hydrogens (primary N) is 1. The lowest BCUT2D eigenvalue weighted by atomic mass is 11.0. The Bertz CT molecular complexity index is 52.8. The largest absolute Gasteiger partial charge is 0.379 e. The highest BCUT2D eigenvalue weighted by molar-refractivity contribution is 8.13. The van der Waals surface area contributed by atoms with Crippen LogP contribution >= 0.6 is 11.8 Å². The van der Waals surface area contributed by atoms with Crippen molar-refractivity contribution in [3.8, 4) is 0 Å². The van der Waals surface area contributed by atoms with Crippen LogP contribution in [0.3, 0.4) is 0 Å². The van der Waals surface area contributed by atoms with E-state index in [2.05, 4.69) is 0 Å². The van der Waals surface area contributed by atoms with Gasteiger partial charge in [0.25, 0.3) is 0 Å². The zero-order valence-electron chi connectivity index (χ0n) is 3.69. The third-order valence-electron chi connectivity index (χ3n) is 0.300. The maximum absolute atomic E-state index is 6.64. The molecule has 3 heteroatoms. The molecule has 0 fully saturated rings. The summed E-state index contributed by atoms with van der Waals surface area (Å²) in [7, 11) is 0. The number of hydrogen-bond donors (Lipinski definition) is 2. The second kappa shape index (κ2) is 3.03. The molecule has 0 rings (SSSR count). The summed E-state index contributed by atoms with van der Waals surface area (Å²) < 4.78 is 0. The van der Waals surface area contributed by atoms with E-state index in [4.69, 9.17) is 11.1 Å². The molecule has 0 aliphatic carbocycles. The fourth-order valence-corrected chi connectivity index (χ4v) is 0.467. The Balaban J connectivity index is 2.83. The van der Waals surface area contributed by atoms with Gasteiger partial charge in [-0.15, -0.1) is 0 Å². The Labute approximate surface area is 41.6 Å². The summed E-state index contributed by atoms with van der Waals surface area (Å²) in [5.74, 6) is 0.898. The standard InChI is InChI=1S/C3H8N2S/c1-2-6-3(4)5/h2H2,1H3,(H3,4,5)/i3+1,4+1,5+1. The van der Waals surface area contributed by atoms with Gasteiger partial charge in [-0.05, 0) is 5.75 Å². The van der Waals surface area contributed by atoms with Crippen LogP contribution in [0, 0.1) is 5.41 Å². The van der Waals surface area contributed by atoms with Crippen molar-refractivity contribution < 1.29 is 0 Å². The molecule has 0 aromatic rings. The Hall–Kier alpha value is -0.180. The molecule has 0 heterocycles. The van der Waals surface area contributed by atoms with Gasteiger partial charge in [0.1, 0.15) is 0 Å². The van der Waals surface area contributed by atoms with Crippen LogP contribution in [0.2, 0.25) is 0 Å². The lowest BCUT2D eigenvalue weighted by Gasteiger charge is -1.85. The van der Waals surface area contributed by atoms with Crippen molar-refractivity contribution in [3.05, 3.63) is 0 Å². The number of nitrogens with one attached hydrogen (secondary N) is 1. The van der Waals surface area contributed by atoms with E-state index in [1.54, 1.807) is 0 Å². The third-order valence-corrected chi connectivity index (χ3v) is 0.900. The quantitative estimate of drug-likeness (QED) is 0.223. The zero-order chi connectivity index (χ0) is 4.99. The average molecular weight is 107 g/mol. The molecule has 0 radical (unpaired) electrons. The number of thioether (sulfide) groups is 1. The Morgan fingerprint density at radius 3 is 2.50 bits per heavy atom. The van der Waals surface area contributed by atoms with Gasteiger partial charge >= 0.3 is 0 Å². The predicted molar refractivity (Wildman–Crippen MR) is 30.0 cm³/mol. The number of rotatable bonds is 1. The molecule has 3 N–H and O–H groups in total. The molecule has 0 aromatic heterocycles. The minimum atomic E-state index is 0.206. The van der Waals surface area contributed by atoms with Crippen molar-refractivity contribution in [2.24, 2.45) is 5.73 Å². The molecule has 2 nitrogen and oxygen atoms in total. The first-order chi connectivity index (χ1) is 2.77. The minimum Gasteiger partial charge on any atom is -0.379 e. The molecule has 0 aliphatic rings. The number of hydrogen-bond acceptors (Lipinski definition) is 2. The summed E-state index contributed by atoms with van der Waals surface area (Å²) >= 11 is 1.35. The van der Waals surface area contributed by atoms with Crippen molar-refractivity contribution in [3.63, 3.8) is 0 Å². The van der Waals surface area contributed by atoms with E-state index < -0.39 is 0 Å². The van der Waals surface area contributed by atoms with Crippen LogP contribution in [0.25, 0.3) is 0 Å². The van der Waals surface area contributed by atoms with Crippen molar-refractivity contribution in [2.75, 3.05) is 5.75 Å². The van der Waals surface area contributed by atoms with Crippen LogP contribution in [-0.4, -0.2) is 10.9 Å². The fourth-order valence-electron chi connectivity index (χ4n) is 0.156. The van der Waals surface area contributed by atoms with E-state index >= 15 is 0 Å². The smallest absolute Gasteiger partial charge is 0.151 e. The minimum absolute atomic E-state index is 0.206. The normalized spacial score (nSPS) is 8.17. The maximum atomic E-state index is 6.64. The summed E-state index contributed by atoms with van der Waals surface area (Å²) in [6.45, 7) is 1.96. The van der Waals surface area contributed by atoms with E-state index in [1.807, 2.05) is 6.92 Å². The van der Waals surface area contributed by atoms with Gasteiger partial charge in [-0.25, -0.2) is 0 Å². The second-order valence-corrected chi connectivity index (χ2v) is 2.10. The first-order valence-corrected chi connectivity index (χ1v) is 2.72. The van der Waals surface area contributed by atoms with Crippen LogP contribution < -0.4 is 5.73 Å². The second-order valence-electron chi connectivity index (χ2n) is 0.797. The maximum Gasteiger partial charge on any atom is 0.151 e. The molecule has 0 bridgehead atoms. The van der Waals surface area contributed by atoms with E-state index in [0.29, 0.717) is 0 Å². The van der Waals surface area contributed by atoms with Gasteiger partial charge in [-0.1, -0.05) is 18.7 Å². The van der Waals surface area contributed by atoms with Crippen LogP contribution in [0.4, 0.5) is 0 Å². The zero-order valence-corrected chi connectivity index (χ0v) is 4.51. The van der Waals surface area contributed by atoms with Gasteiger partial charge in [0.2, 0.25) is 0 Å². The molecule has 0 aromatic carbocycles. The van der Waals surface area contributed by atoms with E-state index in [0.717, 1.165) is 5.75 Å². The molecule has 0 atom stereocenters. The van der Waals surface area contributed by atoms with Crippen LogP contribution in [0.15, 0.2) is 0 Å². The Morgan fingerprint density at radius 1 is 2.00 bits per heavy atom. The molecule has 0 unspecified atom stereocenters. The summed E-state index contributed by atoms with van der Waals surface area (Å²) in [5.41, 5.74) is 4.95. The van der Waals surface area contributed by atoms with Crippen molar-refractivity contribution in [1.29, 1.82) is 5.41 Å². The van der Waals surface area contributed by atoms with E-state index in [-0.39, 0.29) is 5.17 Å². The Morgan fingerprint density at radius 2 is 2.50 bits per heavy atom. The van der Waals surface area contributed by atoms with Crippen molar-refractivity contribution >= 4 is 16.9 Å². The summed E-state index contributed by atoms with van der Waals surface area (Å²) in [5, 5.41) is 6.84. The van der Waals surface area contributed by atoms with Gasteiger partial charge < -0.3 is 5.73 Å². The average Bonchev–Trinajstić information content (AvgIpc) is 1.35. The molecular formula is C3H8N2S. The SMILES string of the molecule is CCS[13C](=[15NH])[15NH2]. The van der Waals surface area contributed by atoms with Crippen molar-refractivity contribution in [2.45, 2.75) is 6.92 Å². The van der Waals surface area contributed by atoms with Crippen LogP contribution in [0.1, 0.15) is 6.92 Å². The molecular weight excluding hydrogens is 99.1 g/mol. The van der Waals surface area contributed by atoms with E-state index in [9.17, 15) is 0 Å². The monoisotopic (exact) mass is 107 g/mol. The topological polar surface area (TPSA) is 49.9 Å². The molecule has 0 saturated heterocycles. The van der Waals surface area contributed by atoms with Crippen LogP contribution in [0.5, 0.6) is 0 Å². The molecule has 6 heavy (non-hydrogen) atoms.